The van der Waals surface area contributed by atoms with E-state index >= 15 is 0 Å². The number of phenols is 1. The average Bonchev–Trinajstić information content (AvgIpc) is 2.96. The Labute approximate surface area is 167 Å². The van der Waals surface area contributed by atoms with E-state index < -0.39 is 0 Å². The number of hydrogen-bond acceptors (Lipinski definition) is 3. The van der Waals surface area contributed by atoms with E-state index in [4.69, 9.17) is 27.9 Å². The van der Waals surface area contributed by atoms with Crippen molar-refractivity contribution in [3.8, 4) is 11.5 Å². The van der Waals surface area contributed by atoms with E-state index in [-0.39, 0.29) is 21.7 Å². The maximum Gasteiger partial charge on any atom is 0.267 e. The van der Waals surface area contributed by atoms with Crippen LogP contribution in [-0.4, -0.2) is 28.7 Å². The van der Waals surface area contributed by atoms with Crippen molar-refractivity contribution >= 4 is 40.0 Å². The number of carbonyl (C=O) groups is 1. The molecule has 3 aromatic rings. The first-order valence-electron chi connectivity index (χ1n) is 8.61. The maximum absolute atomic E-state index is 12.4. The monoisotopic (exact) mass is 406 g/mol. The molecule has 2 aromatic carbocycles. The quantitative estimate of drug-likeness (QED) is 0.554. The molecule has 1 amide bonds. The molecule has 0 fully saturated rings. The molecule has 0 aliphatic heterocycles. The number of aromatic nitrogens is 1. The van der Waals surface area contributed by atoms with Crippen molar-refractivity contribution in [1.29, 1.82) is 0 Å². The van der Waals surface area contributed by atoms with E-state index in [1.807, 2.05) is 41.9 Å². The molecule has 3 rings (SSSR count). The van der Waals surface area contributed by atoms with Crippen molar-refractivity contribution < 1.29 is 14.6 Å². The molecule has 7 heteroatoms. The summed E-state index contributed by atoms with van der Waals surface area (Å²) >= 11 is 12.0. The van der Waals surface area contributed by atoms with Gasteiger partial charge in [-0.05, 0) is 25.0 Å². The number of aromatic hydroxyl groups is 1. The standard InChI is InChI=1S/C20H20Cl2N2O3/c1-24-17-7-3-2-6-13(17)10-18(24)20(26)23-8-4-5-9-27-19-15(21)11-14(25)12-16(19)22/h2-3,6-7,10-12,25H,4-5,8-9H2,1H3,(H,23,26). The third kappa shape index (κ3) is 4.49. The van der Waals surface area contributed by atoms with Gasteiger partial charge in [-0.3, -0.25) is 4.79 Å². The van der Waals surface area contributed by atoms with Crippen molar-refractivity contribution in [2.24, 2.45) is 7.05 Å². The second kappa shape index (κ2) is 8.55. The Balaban J connectivity index is 1.45. The van der Waals surface area contributed by atoms with Crippen LogP contribution in [-0.2, 0) is 7.05 Å². The third-order valence-electron chi connectivity index (χ3n) is 4.27. The van der Waals surface area contributed by atoms with Crippen LogP contribution in [0.1, 0.15) is 23.3 Å². The van der Waals surface area contributed by atoms with Gasteiger partial charge >= 0.3 is 0 Å². The Morgan fingerprint density at radius 2 is 1.85 bits per heavy atom. The molecule has 0 unspecified atom stereocenters. The predicted molar refractivity (Wildman–Crippen MR) is 108 cm³/mol. The normalized spacial score (nSPS) is 10.9. The van der Waals surface area contributed by atoms with Crippen LogP contribution >= 0.6 is 23.2 Å². The highest BCUT2D eigenvalue weighted by Crippen LogP contribution is 2.36. The Morgan fingerprint density at radius 3 is 2.56 bits per heavy atom. The fourth-order valence-electron chi connectivity index (χ4n) is 2.88. The summed E-state index contributed by atoms with van der Waals surface area (Å²) in [6.45, 7) is 0.953. The van der Waals surface area contributed by atoms with Gasteiger partial charge in [-0.1, -0.05) is 41.4 Å². The first-order valence-corrected chi connectivity index (χ1v) is 9.36. The van der Waals surface area contributed by atoms with Gasteiger partial charge in [-0.2, -0.15) is 0 Å². The predicted octanol–water partition coefficient (Wildman–Crippen LogP) is 4.78. The van der Waals surface area contributed by atoms with Crippen molar-refractivity contribution in [3.63, 3.8) is 0 Å². The zero-order valence-electron chi connectivity index (χ0n) is 14.8. The number of benzene rings is 2. The van der Waals surface area contributed by atoms with Crippen molar-refractivity contribution in [3.05, 3.63) is 58.2 Å². The Hall–Kier alpha value is -2.37. The zero-order chi connectivity index (χ0) is 19.4. The molecule has 0 aliphatic rings. The first-order chi connectivity index (χ1) is 13.0. The van der Waals surface area contributed by atoms with Crippen LogP contribution < -0.4 is 10.1 Å². The van der Waals surface area contributed by atoms with Crippen molar-refractivity contribution in [2.75, 3.05) is 13.2 Å². The summed E-state index contributed by atoms with van der Waals surface area (Å²) < 4.78 is 7.47. The lowest BCUT2D eigenvalue weighted by Gasteiger charge is -2.10. The number of rotatable bonds is 7. The number of nitrogens with zero attached hydrogens (tertiary/aromatic N) is 1. The number of halogens is 2. The number of phenolic OH excluding ortho intramolecular Hbond substituents is 1. The Kier molecular flexibility index (Phi) is 6.14. The summed E-state index contributed by atoms with van der Waals surface area (Å²) in [5.74, 6) is 0.253. The van der Waals surface area contributed by atoms with Gasteiger partial charge in [0, 0.05) is 36.6 Å². The van der Waals surface area contributed by atoms with Crippen LogP contribution in [0, 0.1) is 0 Å². The van der Waals surface area contributed by atoms with Crippen LogP contribution in [0.5, 0.6) is 11.5 Å². The molecule has 2 N–H and O–H groups in total. The fraction of sp³-hybridized carbons (Fsp3) is 0.250. The Morgan fingerprint density at radius 1 is 1.15 bits per heavy atom. The first kappa shape index (κ1) is 19.4. The minimum Gasteiger partial charge on any atom is -0.508 e. The van der Waals surface area contributed by atoms with Crippen LogP contribution in [0.15, 0.2) is 42.5 Å². The lowest BCUT2D eigenvalue weighted by molar-refractivity contribution is 0.0944. The van der Waals surface area contributed by atoms with Gasteiger partial charge in [0.05, 0.1) is 16.7 Å². The molecule has 5 nitrogen and oxygen atoms in total. The Bertz CT molecular complexity index is 946. The van der Waals surface area contributed by atoms with Gasteiger partial charge in [0.1, 0.15) is 11.4 Å². The van der Waals surface area contributed by atoms with Gasteiger partial charge in [0.2, 0.25) is 0 Å². The van der Waals surface area contributed by atoms with E-state index in [2.05, 4.69) is 5.32 Å². The third-order valence-corrected chi connectivity index (χ3v) is 4.83. The molecule has 0 bridgehead atoms. The fourth-order valence-corrected chi connectivity index (χ4v) is 3.47. The van der Waals surface area contributed by atoms with Gasteiger partial charge in [-0.15, -0.1) is 0 Å². The molecule has 0 aliphatic carbocycles. The van der Waals surface area contributed by atoms with Crippen molar-refractivity contribution in [2.45, 2.75) is 12.8 Å². The summed E-state index contributed by atoms with van der Waals surface area (Å²) in [6, 6.07) is 12.5. The molecular weight excluding hydrogens is 387 g/mol. The number of ether oxygens (including phenoxy) is 1. The number of unbranched alkanes of at least 4 members (excludes halogenated alkanes) is 1. The molecule has 0 radical (unpaired) electrons. The number of aryl methyl sites for hydroxylation is 1. The van der Waals surface area contributed by atoms with Crippen LogP contribution in [0.25, 0.3) is 10.9 Å². The highest BCUT2D eigenvalue weighted by Gasteiger charge is 2.12. The van der Waals surface area contributed by atoms with E-state index in [1.165, 1.54) is 12.1 Å². The number of nitrogens with one attached hydrogen (secondary N) is 1. The molecule has 27 heavy (non-hydrogen) atoms. The van der Waals surface area contributed by atoms with Crippen molar-refractivity contribution in [1.82, 2.24) is 9.88 Å². The number of para-hydroxylation sites is 1. The number of hydrogen-bond donors (Lipinski definition) is 2. The molecular formula is C20H20Cl2N2O3. The zero-order valence-corrected chi connectivity index (χ0v) is 16.3. The minimum atomic E-state index is -0.0979. The molecule has 0 spiro atoms. The summed E-state index contributed by atoms with van der Waals surface area (Å²) in [5.41, 5.74) is 1.66. The summed E-state index contributed by atoms with van der Waals surface area (Å²) in [5, 5.41) is 13.9. The second-order valence-electron chi connectivity index (χ2n) is 6.20. The van der Waals surface area contributed by atoms with Crippen LogP contribution in [0.2, 0.25) is 10.0 Å². The molecule has 142 valence electrons. The van der Waals surface area contributed by atoms with Crippen LogP contribution in [0.3, 0.4) is 0 Å². The van der Waals surface area contributed by atoms with Crippen LogP contribution in [0.4, 0.5) is 0 Å². The topological polar surface area (TPSA) is 63.5 Å². The molecule has 1 aromatic heterocycles. The summed E-state index contributed by atoms with van der Waals surface area (Å²) in [7, 11) is 1.89. The average molecular weight is 407 g/mol. The lowest BCUT2D eigenvalue weighted by atomic mass is 10.2. The van der Waals surface area contributed by atoms with Gasteiger partial charge in [0.25, 0.3) is 5.91 Å². The molecule has 1 heterocycles. The number of fused-ring (bicyclic) bond motifs is 1. The number of carbonyl (C=O) groups excluding carboxylic acids is 1. The van der Waals surface area contributed by atoms with E-state index in [0.717, 1.165) is 23.7 Å². The molecule has 0 saturated heterocycles. The van der Waals surface area contributed by atoms with E-state index in [1.54, 1.807) is 0 Å². The van der Waals surface area contributed by atoms with Gasteiger partial charge < -0.3 is 19.7 Å². The van der Waals surface area contributed by atoms with E-state index in [9.17, 15) is 9.90 Å². The largest absolute Gasteiger partial charge is 0.508 e. The summed E-state index contributed by atoms with van der Waals surface area (Å²) in [4.78, 5) is 12.4. The SMILES string of the molecule is Cn1c(C(=O)NCCCCOc2c(Cl)cc(O)cc2Cl)cc2ccccc21. The number of amides is 1. The van der Waals surface area contributed by atoms with Gasteiger partial charge in [-0.25, -0.2) is 0 Å². The van der Waals surface area contributed by atoms with Gasteiger partial charge in [0.15, 0.2) is 5.75 Å². The lowest BCUT2D eigenvalue weighted by Crippen LogP contribution is -2.26. The highest BCUT2D eigenvalue weighted by atomic mass is 35.5. The molecule has 0 atom stereocenters. The maximum atomic E-state index is 12.4. The van der Waals surface area contributed by atoms with E-state index in [0.29, 0.717) is 24.6 Å². The molecule has 0 saturated carbocycles. The second-order valence-corrected chi connectivity index (χ2v) is 7.01. The smallest absolute Gasteiger partial charge is 0.267 e. The minimum absolute atomic E-state index is 0.00611. The summed E-state index contributed by atoms with van der Waals surface area (Å²) in [6.07, 6.45) is 1.48. The highest BCUT2D eigenvalue weighted by molar-refractivity contribution is 6.37.